The van der Waals surface area contributed by atoms with Crippen molar-refractivity contribution in [3.63, 3.8) is 0 Å². The molecule has 0 saturated carbocycles. The second kappa shape index (κ2) is 5.44. The molecule has 1 amide bonds. The number of fused-ring (bicyclic) bond motifs is 1. The molecule has 1 aromatic carbocycles. The van der Waals surface area contributed by atoms with E-state index in [2.05, 4.69) is 38.3 Å². The Morgan fingerprint density at radius 1 is 1.18 bits per heavy atom. The molecule has 22 heavy (non-hydrogen) atoms. The van der Waals surface area contributed by atoms with Gasteiger partial charge in [-0.2, -0.15) is 10.1 Å². The number of hydrogen-bond acceptors (Lipinski definition) is 4. The summed E-state index contributed by atoms with van der Waals surface area (Å²) < 4.78 is 0. The van der Waals surface area contributed by atoms with E-state index in [4.69, 9.17) is 0 Å². The number of aromatic nitrogens is 3. The molecule has 0 unspecified atom stereocenters. The predicted octanol–water partition coefficient (Wildman–Crippen LogP) is 1.18. The van der Waals surface area contributed by atoms with Crippen LogP contribution in [-0.2, 0) is 11.2 Å². The lowest BCUT2D eigenvalue weighted by Gasteiger charge is -2.35. The van der Waals surface area contributed by atoms with Crippen LogP contribution in [0.25, 0.3) is 0 Å². The van der Waals surface area contributed by atoms with E-state index in [1.54, 1.807) is 0 Å². The average molecular weight is 297 g/mol. The Hall–Kier alpha value is -2.37. The minimum Gasteiger partial charge on any atom is -0.339 e. The number of aryl methyl sites for hydroxylation is 1. The molecule has 114 valence electrons. The first-order valence-electron chi connectivity index (χ1n) is 7.80. The van der Waals surface area contributed by atoms with Gasteiger partial charge >= 0.3 is 0 Å². The number of nitrogens with zero attached hydrogens (tertiary/aromatic N) is 4. The number of rotatable bonds is 2. The van der Waals surface area contributed by atoms with Gasteiger partial charge in [0.05, 0.1) is 5.92 Å². The van der Waals surface area contributed by atoms with Crippen LogP contribution in [0.4, 0.5) is 5.95 Å². The molecule has 6 heteroatoms. The van der Waals surface area contributed by atoms with Gasteiger partial charge in [0.2, 0.25) is 11.9 Å². The van der Waals surface area contributed by atoms with Crippen LogP contribution in [0.1, 0.15) is 23.5 Å². The van der Waals surface area contributed by atoms with Crippen LogP contribution in [0.5, 0.6) is 0 Å². The normalized spacial score (nSPS) is 21.0. The summed E-state index contributed by atoms with van der Waals surface area (Å²) in [7, 11) is 0. The fourth-order valence-electron chi connectivity index (χ4n) is 3.52. The molecule has 0 bridgehead atoms. The zero-order valence-electron chi connectivity index (χ0n) is 12.4. The first kappa shape index (κ1) is 13.3. The average Bonchev–Trinajstić information content (AvgIpc) is 3.24. The van der Waals surface area contributed by atoms with Crippen molar-refractivity contribution in [3.8, 4) is 0 Å². The van der Waals surface area contributed by atoms with Crippen molar-refractivity contribution in [2.75, 3.05) is 31.1 Å². The van der Waals surface area contributed by atoms with Gasteiger partial charge in [0, 0.05) is 26.2 Å². The Labute approximate surface area is 129 Å². The third kappa shape index (κ3) is 2.24. The summed E-state index contributed by atoms with van der Waals surface area (Å²) >= 11 is 0. The fraction of sp³-hybridized carbons (Fsp3) is 0.438. The van der Waals surface area contributed by atoms with Gasteiger partial charge in [-0.25, -0.2) is 5.10 Å². The molecular formula is C16H19N5O. The van der Waals surface area contributed by atoms with Gasteiger partial charge in [-0.15, -0.1) is 0 Å². The maximum Gasteiger partial charge on any atom is 0.230 e. The molecule has 2 aromatic rings. The van der Waals surface area contributed by atoms with Crippen LogP contribution in [0.15, 0.2) is 30.6 Å². The highest BCUT2D eigenvalue weighted by molar-refractivity contribution is 5.85. The molecule has 1 N–H and O–H groups in total. The van der Waals surface area contributed by atoms with E-state index in [1.165, 1.54) is 17.5 Å². The second-order valence-electron chi connectivity index (χ2n) is 5.91. The standard InChI is InChI=1S/C16H19N5O/c22-15(14-6-5-12-3-1-2-4-13(12)14)20-7-9-21(10-8-20)16-17-11-18-19-16/h1-4,11,14H,5-10H2,(H,17,18,19)/t14-/m0/s1. The maximum absolute atomic E-state index is 12.8. The lowest BCUT2D eigenvalue weighted by atomic mass is 9.99. The zero-order valence-corrected chi connectivity index (χ0v) is 12.4. The summed E-state index contributed by atoms with van der Waals surface area (Å²) in [5.74, 6) is 1.12. The Kier molecular flexibility index (Phi) is 3.29. The lowest BCUT2D eigenvalue weighted by molar-refractivity contribution is -0.133. The molecule has 6 nitrogen and oxygen atoms in total. The Morgan fingerprint density at radius 2 is 2.00 bits per heavy atom. The van der Waals surface area contributed by atoms with E-state index in [9.17, 15) is 4.79 Å². The quantitative estimate of drug-likeness (QED) is 0.904. The van der Waals surface area contributed by atoms with Crippen LogP contribution in [0.2, 0.25) is 0 Å². The summed E-state index contributed by atoms with van der Waals surface area (Å²) in [6, 6.07) is 8.34. The summed E-state index contributed by atoms with van der Waals surface area (Å²) in [6.07, 6.45) is 3.48. The van der Waals surface area contributed by atoms with E-state index in [1.807, 2.05) is 11.0 Å². The minimum atomic E-state index is 0.0491. The molecule has 1 aromatic heterocycles. The van der Waals surface area contributed by atoms with Crippen molar-refractivity contribution in [2.24, 2.45) is 0 Å². The number of carbonyl (C=O) groups excluding carboxylic acids is 1. The third-order valence-corrected chi connectivity index (χ3v) is 4.72. The monoisotopic (exact) mass is 297 g/mol. The van der Waals surface area contributed by atoms with E-state index in [0.29, 0.717) is 0 Å². The molecule has 4 rings (SSSR count). The fourth-order valence-corrected chi connectivity index (χ4v) is 3.52. The van der Waals surface area contributed by atoms with Crippen molar-refractivity contribution in [3.05, 3.63) is 41.7 Å². The third-order valence-electron chi connectivity index (χ3n) is 4.72. The number of carbonyl (C=O) groups is 1. The van der Waals surface area contributed by atoms with Gasteiger partial charge in [0.1, 0.15) is 6.33 Å². The number of H-pyrrole nitrogens is 1. The number of aromatic amines is 1. The van der Waals surface area contributed by atoms with Crippen molar-refractivity contribution in [1.82, 2.24) is 20.1 Å². The summed E-state index contributed by atoms with van der Waals surface area (Å²) in [6.45, 7) is 3.10. The number of anilines is 1. The van der Waals surface area contributed by atoms with Crippen molar-refractivity contribution in [2.45, 2.75) is 18.8 Å². The second-order valence-corrected chi connectivity index (χ2v) is 5.91. The van der Waals surface area contributed by atoms with Crippen molar-refractivity contribution in [1.29, 1.82) is 0 Å². The SMILES string of the molecule is O=C([C@H]1CCc2ccccc21)N1CCN(c2ncn[nH]2)CC1. The van der Waals surface area contributed by atoms with Crippen molar-refractivity contribution >= 4 is 11.9 Å². The van der Waals surface area contributed by atoms with Gasteiger partial charge in [-0.3, -0.25) is 4.79 Å². The molecule has 1 aliphatic carbocycles. The number of piperazine rings is 1. The van der Waals surface area contributed by atoms with Crippen LogP contribution in [0.3, 0.4) is 0 Å². The van der Waals surface area contributed by atoms with Gasteiger partial charge in [-0.05, 0) is 24.0 Å². The molecule has 1 saturated heterocycles. The van der Waals surface area contributed by atoms with E-state index in [0.717, 1.165) is 45.0 Å². The summed E-state index contributed by atoms with van der Waals surface area (Å²) in [5, 5.41) is 6.76. The lowest BCUT2D eigenvalue weighted by Crippen LogP contribution is -2.50. The number of nitrogens with one attached hydrogen (secondary N) is 1. The topological polar surface area (TPSA) is 65.1 Å². The van der Waals surface area contributed by atoms with Crippen LogP contribution < -0.4 is 4.90 Å². The highest BCUT2D eigenvalue weighted by Gasteiger charge is 2.33. The maximum atomic E-state index is 12.8. The molecular weight excluding hydrogens is 278 g/mol. The Morgan fingerprint density at radius 3 is 2.77 bits per heavy atom. The van der Waals surface area contributed by atoms with E-state index in [-0.39, 0.29) is 11.8 Å². The zero-order chi connectivity index (χ0) is 14.9. The molecule has 1 atom stereocenters. The largest absolute Gasteiger partial charge is 0.339 e. The predicted molar refractivity (Wildman–Crippen MR) is 82.7 cm³/mol. The number of hydrogen-bond donors (Lipinski definition) is 1. The molecule has 2 heterocycles. The molecule has 2 aliphatic rings. The van der Waals surface area contributed by atoms with Crippen LogP contribution in [0, 0.1) is 0 Å². The van der Waals surface area contributed by atoms with E-state index >= 15 is 0 Å². The van der Waals surface area contributed by atoms with Crippen molar-refractivity contribution < 1.29 is 4.79 Å². The first-order chi connectivity index (χ1) is 10.8. The Bertz CT molecular complexity index is 661. The van der Waals surface area contributed by atoms with E-state index < -0.39 is 0 Å². The van der Waals surface area contributed by atoms with Crippen LogP contribution >= 0.6 is 0 Å². The number of benzene rings is 1. The summed E-state index contributed by atoms with van der Waals surface area (Å²) in [4.78, 5) is 21.1. The molecule has 1 fully saturated rings. The van der Waals surface area contributed by atoms with Crippen LogP contribution in [-0.4, -0.2) is 52.2 Å². The van der Waals surface area contributed by atoms with Gasteiger partial charge in [-0.1, -0.05) is 24.3 Å². The highest BCUT2D eigenvalue weighted by Crippen LogP contribution is 2.34. The molecule has 1 aliphatic heterocycles. The van der Waals surface area contributed by atoms with Gasteiger partial charge in [0.25, 0.3) is 0 Å². The molecule has 0 radical (unpaired) electrons. The molecule has 0 spiro atoms. The Balaban J connectivity index is 1.43. The number of amides is 1. The highest BCUT2D eigenvalue weighted by atomic mass is 16.2. The first-order valence-corrected chi connectivity index (χ1v) is 7.80. The summed E-state index contributed by atoms with van der Waals surface area (Å²) in [5.41, 5.74) is 2.56. The van der Waals surface area contributed by atoms with Gasteiger partial charge < -0.3 is 9.80 Å². The smallest absolute Gasteiger partial charge is 0.230 e. The minimum absolute atomic E-state index is 0.0491. The van der Waals surface area contributed by atoms with Gasteiger partial charge in [0.15, 0.2) is 0 Å².